The fourth-order valence-corrected chi connectivity index (χ4v) is 4.87. The molecule has 14 heteroatoms. The highest BCUT2D eigenvalue weighted by Gasteiger charge is 2.45. The third-order valence-electron chi connectivity index (χ3n) is 6.94. The minimum absolute atomic E-state index is 0.0168. The predicted molar refractivity (Wildman–Crippen MR) is 133 cm³/mol. The van der Waals surface area contributed by atoms with Crippen LogP contribution in [0.2, 0.25) is 0 Å². The first-order valence-electron chi connectivity index (χ1n) is 11.9. The number of pyridine rings is 2. The molecule has 0 spiro atoms. The van der Waals surface area contributed by atoms with Gasteiger partial charge < -0.3 is 40.6 Å². The van der Waals surface area contributed by atoms with Gasteiger partial charge >= 0.3 is 12.1 Å². The molecule has 0 saturated carbocycles. The Kier molecular flexibility index (Phi) is 6.44. The molecule has 2 aliphatic rings. The maximum Gasteiger partial charge on any atom is 0.405 e. The Morgan fingerprint density at radius 1 is 1.26 bits per heavy atom. The van der Waals surface area contributed by atoms with Gasteiger partial charge in [-0.3, -0.25) is 9.59 Å². The van der Waals surface area contributed by atoms with Gasteiger partial charge in [0, 0.05) is 22.6 Å². The number of rotatable bonds is 7. The molecule has 0 radical (unpaired) electrons. The summed E-state index contributed by atoms with van der Waals surface area (Å²) in [4.78, 5) is 52.8. The lowest BCUT2D eigenvalue weighted by molar-refractivity contribution is -0.172. The number of aromatic nitrogens is 2. The molecule has 13 nitrogen and oxygen atoms in total. The van der Waals surface area contributed by atoms with Gasteiger partial charge in [-0.05, 0) is 24.1 Å². The maximum atomic E-state index is 14.4. The molecule has 2 amide bonds. The molecule has 0 fully saturated rings. The van der Waals surface area contributed by atoms with Crippen molar-refractivity contribution in [1.82, 2.24) is 20.2 Å². The molecule has 6 N–H and O–H groups in total. The highest BCUT2D eigenvalue weighted by Crippen LogP contribution is 2.40. The van der Waals surface area contributed by atoms with Gasteiger partial charge in [0.2, 0.25) is 5.91 Å². The average molecular weight is 541 g/mol. The summed E-state index contributed by atoms with van der Waals surface area (Å²) >= 11 is 0. The van der Waals surface area contributed by atoms with E-state index in [4.69, 9.17) is 20.3 Å². The summed E-state index contributed by atoms with van der Waals surface area (Å²) in [5.74, 6) is -2.15. The van der Waals surface area contributed by atoms with Gasteiger partial charge in [-0.25, -0.2) is 19.0 Å². The van der Waals surface area contributed by atoms with Crippen molar-refractivity contribution in [3.63, 3.8) is 0 Å². The number of esters is 1. The molecule has 0 unspecified atom stereocenters. The number of amides is 2. The molecule has 5 rings (SSSR count). The number of carbonyl (C=O) groups excluding carboxylic acids is 2. The molecule has 0 aliphatic carbocycles. The van der Waals surface area contributed by atoms with Crippen LogP contribution in [0.5, 0.6) is 0 Å². The highest BCUT2D eigenvalue weighted by molar-refractivity contribution is 5.91. The summed E-state index contributed by atoms with van der Waals surface area (Å²) in [7, 11) is 0. The predicted octanol–water partition coefficient (Wildman–Crippen LogP) is 0.659. The van der Waals surface area contributed by atoms with Gasteiger partial charge in [-0.1, -0.05) is 6.92 Å². The SMILES string of the molecule is CC[C@@]1(O)C(=O)OCc2c1cc1n(c2=O)Cc2c-1nc1cc(F)c(N)cc1c2COCNC(=O)CNC(=O)O. The number of benzene rings is 1. The first-order chi connectivity index (χ1) is 18.5. The number of fused-ring (bicyclic) bond motifs is 5. The first kappa shape index (κ1) is 26.1. The van der Waals surface area contributed by atoms with Crippen LogP contribution in [-0.4, -0.2) is 51.0 Å². The van der Waals surface area contributed by atoms with Crippen LogP contribution in [0, 0.1) is 5.82 Å². The second kappa shape index (κ2) is 9.63. The van der Waals surface area contributed by atoms with E-state index in [9.17, 15) is 28.7 Å². The second-order valence-electron chi connectivity index (χ2n) is 9.16. The summed E-state index contributed by atoms with van der Waals surface area (Å²) in [6.45, 7) is 0.571. The smallest absolute Gasteiger partial charge is 0.405 e. The Balaban J connectivity index is 1.56. The molecule has 4 heterocycles. The van der Waals surface area contributed by atoms with Crippen LogP contribution in [0.25, 0.3) is 22.3 Å². The maximum absolute atomic E-state index is 14.4. The quantitative estimate of drug-likeness (QED) is 0.0960. The van der Waals surface area contributed by atoms with Gasteiger partial charge in [0.05, 0.1) is 41.3 Å². The number of nitrogens with two attached hydrogens (primary N) is 1. The zero-order valence-corrected chi connectivity index (χ0v) is 20.7. The van der Waals surface area contributed by atoms with E-state index < -0.39 is 41.5 Å². The lowest BCUT2D eigenvalue weighted by Gasteiger charge is -2.31. The largest absolute Gasteiger partial charge is 0.465 e. The molecule has 2 aliphatic heterocycles. The summed E-state index contributed by atoms with van der Waals surface area (Å²) in [5, 5.41) is 24.5. The van der Waals surface area contributed by atoms with E-state index in [1.54, 1.807) is 13.0 Å². The fraction of sp³-hybridized carbons (Fsp3) is 0.320. The number of halogens is 1. The molecule has 2 aromatic heterocycles. The van der Waals surface area contributed by atoms with Crippen molar-refractivity contribution >= 4 is 34.6 Å². The Bertz CT molecular complexity index is 1620. The van der Waals surface area contributed by atoms with E-state index in [1.165, 1.54) is 10.6 Å². The van der Waals surface area contributed by atoms with Crippen LogP contribution in [0.15, 0.2) is 23.0 Å². The van der Waals surface area contributed by atoms with Crippen molar-refractivity contribution in [2.24, 2.45) is 0 Å². The van der Waals surface area contributed by atoms with E-state index in [0.29, 0.717) is 27.9 Å². The minimum atomic E-state index is -2.00. The molecule has 1 aromatic carbocycles. The van der Waals surface area contributed by atoms with Crippen molar-refractivity contribution < 1.29 is 38.5 Å². The topological polar surface area (TPSA) is 195 Å². The van der Waals surface area contributed by atoms with E-state index >= 15 is 0 Å². The van der Waals surface area contributed by atoms with Gasteiger partial charge in [-0.2, -0.15) is 0 Å². The van der Waals surface area contributed by atoms with Crippen LogP contribution in [0.3, 0.4) is 0 Å². The molecular formula is C25H24FN5O8. The van der Waals surface area contributed by atoms with Gasteiger partial charge in [-0.15, -0.1) is 0 Å². The molecule has 0 bridgehead atoms. The fourth-order valence-electron chi connectivity index (χ4n) is 4.87. The normalized spacial score (nSPS) is 17.3. The number of nitrogen functional groups attached to an aromatic ring is 1. The van der Waals surface area contributed by atoms with Crippen LogP contribution in [0.1, 0.15) is 35.6 Å². The van der Waals surface area contributed by atoms with Gasteiger partial charge in [0.1, 0.15) is 25.7 Å². The van der Waals surface area contributed by atoms with Crippen LogP contribution in [-0.2, 0) is 44.4 Å². The van der Waals surface area contributed by atoms with Crippen molar-refractivity contribution in [3.8, 4) is 11.4 Å². The number of hydrogen-bond acceptors (Lipinski definition) is 9. The number of carbonyl (C=O) groups is 3. The lowest BCUT2D eigenvalue weighted by Crippen LogP contribution is -2.44. The van der Waals surface area contributed by atoms with Crippen molar-refractivity contribution in [2.45, 2.75) is 38.7 Å². The molecule has 0 saturated heterocycles. The number of nitrogens with one attached hydrogen (secondary N) is 2. The van der Waals surface area contributed by atoms with Gasteiger partial charge in [0.15, 0.2) is 5.60 Å². The van der Waals surface area contributed by atoms with Crippen LogP contribution in [0.4, 0.5) is 14.9 Å². The van der Waals surface area contributed by atoms with Crippen LogP contribution < -0.4 is 21.9 Å². The molecule has 3 aromatic rings. The number of anilines is 1. The second-order valence-corrected chi connectivity index (χ2v) is 9.16. The molecule has 204 valence electrons. The number of aliphatic hydroxyl groups is 1. The van der Waals surface area contributed by atoms with E-state index in [1.807, 2.05) is 5.32 Å². The summed E-state index contributed by atoms with van der Waals surface area (Å²) in [5.41, 5.74) is 5.58. The van der Waals surface area contributed by atoms with Crippen molar-refractivity contribution in [1.29, 1.82) is 0 Å². The summed E-state index contributed by atoms with van der Waals surface area (Å²) in [6.07, 6.45) is -1.36. The standard InChI is InChI=1S/C25H24FN5O8/c1-2-25(37)15-4-19-21-12(7-31(19)22(33)14(15)9-39-23(25)34)13(8-38-10-29-20(32)6-28-24(35)36)11-3-17(27)16(26)5-18(11)30-21/h3-5,28,37H,2,6-10,27H2,1H3,(H,29,32)(H,35,36)/t25-/m0/s1. The number of carboxylic acid groups (broad SMARTS) is 1. The van der Waals surface area contributed by atoms with E-state index in [-0.39, 0.29) is 55.2 Å². The van der Waals surface area contributed by atoms with E-state index in [2.05, 4.69) is 10.3 Å². The first-order valence-corrected chi connectivity index (χ1v) is 11.9. The summed E-state index contributed by atoms with van der Waals surface area (Å²) < 4.78 is 26.6. The van der Waals surface area contributed by atoms with Crippen molar-refractivity contribution in [2.75, 3.05) is 19.0 Å². The number of hydrogen-bond donors (Lipinski definition) is 5. The van der Waals surface area contributed by atoms with Crippen LogP contribution >= 0.6 is 0 Å². The number of ether oxygens (including phenoxy) is 2. The Labute approximate surface area is 219 Å². The number of nitrogens with zero attached hydrogens (tertiary/aromatic N) is 2. The highest BCUT2D eigenvalue weighted by atomic mass is 19.1. The lowest BCUT2D eigenvalue weighted by atomic mass is 9.86. The summed E-state index contributed by atoms with van der Waals surface area (Å²) in [6, 6.07) is 4.11. The van der Waals surface area contributed by atoms with Gasteiger partial charge in [0.25, 0.3) is 5.56 Å². The Morgan fingerprint density at radius 3 is 2.74 bits per heavy atom. The zero-order valence-electron chi connectivity index (χ0n) is 20.7. The van der Waals surface area contributed by atoms with E-state index in [0.717, 1.165) is 6.07 Å². The molecular weight excluding hydrogens is 517 g/mol. The number of cyclic esters (lactones) is 1. The monoisotopic (exact) mass is 541 g/mol. The Morgan fingerprint density at radius 2 is 2.03 bits per heavy atom. The minimum Gasteiger partial charge on any atom is -0.465 e. The zero-order chi connectivity index (χ0) is 28.1. The average Bonchev–Trinajstić information content (AvgIpc) is 3.27. The third kappa shape index (κ3) is 4.32. The third-order valence-corrected chi connectivity index (χ3v) is 6.94. The molecule has 39 heavy (non-hydrogen) atoms. The van der Waals surface area contributed by atoms with Crippen molar-refractivity contribution in [3.05, 3.63) is 56.6 Å². The molecule has 1 atom stereocenters. The Hall–Kier alpha value is -4.56.